The van der Waals surface area contributed by atoms with Gasteiger partial charge in [-0.25, -0.2) is 0 Å². The molecule has 1 aromatic carbocycles. The van der Waals surface area contributed by atoms with Gasteiger partial charge in [-0.3, -0.25) is 9.48 Å². The maximum absolute atomic E-state index is 11.3. The summed E-state index contributed by atoms with van der Waals surface area (Å²) < 4.78 is 1.65. The van der Waals surface area contributed by atoms with Crippen LogP contribution >= 0.6 is 11.6 Å². The molecule has 3 nitrogen and oxygen atoms in total. The molecule has 0 aliphatic carbocycles. The summed E-state index contributed by atoms with van der Waals surface area (Å²) in [5.41, 5.74) is 0.688. The van der Waals surface area contributed by atoms with Gasteiger partial charge in [0.2, 0.25) is 5.43 Å². The third-order valence-corrected chi connectivity index (χ3v) is 2.16. The Morgan fingerprint density at radius 3 is 3.00 bits per heavy atom. The largest absolute Gasteiger partial charge is 0.287 e. The monoisotopic (exact) mass is 194 g/mol. The van der Waals surface area contributed by atoms with Crippen LogP contribution in [0.3, 0.4) is 0 Å². The van der Waals surface area contributed by atoms with E-state index in [0.29, 0.717) is 10.4 Å². The summed E-state index contributed by atoms with van der Waals surface area (Å²) in [5, 5.41) is 5.07. The summed E-state index contributed by atoms with van der Waals surface area (Å²) in [6, 6.07) is 5.18. The molecule has 1 heterocycles. The molecule has 4 heteroatoms. The van der Waals surface area contributed by atoms with E-state index < -0.39 is 0 Å². The molecule has 0 fully saturated rings. The lowest BCUT2D eigenvalue weighted by Crippen LogP contribution is -2.08. The van der Waals surface area contributed by atoms with E-state index in [-0.39, 0.29) is 5.43 Å². The van der Waals surface area contributed by atoms with Gasteiger partial charge in [-0.15, -0.1) is 0 Å². The molecule has 0 spiro atoms. The van der Waals surface area contributed by atoms with E-state index in [4.69, 9.17) is 11.6 Å². The number of benzene rings is 1. The van der Waals surface area contributed by atoms with Gasteiger partial charge >= 0.3 is 0 Å². The number of hydrogen-bond acceptors (Lipinski definition) is 2. The lowest BCUT2D eigenvalue weighted by molar-refractivity contribution is 0.773. The maximum atomic E-state index is 11.3. The Morgan fingerprint density at radius 1 is 1.46 bits per heavy atom. The first kappa shape index (κ1) is 8.26. The van der Waals surface area contributed by atoms with Crippen LogP contribution in [0.1, 0.15) is 0 Å². The van der Waals surface area contributed by atoms with Crippen LogP contribution in [-0.4, -0.2) is 9.78 Å². The molecule has 2 aromatic rings. The molecule has 0 aliphatic heterocycles. The van der Waals surface area contributed by atoms with Gasteiger partial charge < -0.3 is 0 Å². The molecule has 0 atom stereocenters. The van der Waals surface area contributed by atoms with Crippen molar-refractivity contribution >= 4 is 22.5 Å². The fourth-order valence-electron chi connectivity index (χ4n) is 1.26. The molecular formula is C9H7ClN2O. The average Bonchev–Trinajstić information content (AvgIpc) is 2.12. The number of rotatable bonds is 0. The maximum Gasteiger partial charge on any atom is 0.208 e. The van der Waals surface area contributed by atoms with Gasteiger partial charge in [0.1, 0.15) is 0 Å². The van der Waals surface area contributed by atoms with Crippen LogP contribution < -0.4 is 5.43 Å². The molecule has 0 aliphatic rings. The second-order valence-corrected chi connectivity index (χ2v) is 3.23. The summed E-state index contributed by atoms with van der Waals surface area (Å²) in [6.45, 7) is 0. The Kier molecular flexibility index (Phi) is 1.81. The zero-order chi connectivity index (χ0) is 9.42. The fourth-order valence-corrected chi connectivity index (χ4v) is 1.43. The number of halogens is 1. The lowest BCUT2D eigenvalue weighted by atomic mass is 10.2. The normalized spacial score (nSPS) is 10.6. The first-order valence-electron chi connectivity index (χ1n) is 3.80. The van der Waals surface area contributed by atoms with Crippen molar-refractivity contribution in [1.29, 1.82) is 0 Å². The molecule has 0 bridgehead atoms. The van der Waals surface area contributed by atoms with Gasteiger partial charge in [0.05, 0.1) is 17.1 Å². The van der Waals surface area contributed by atoms with Gasteiger partial charge in [-0.1, -0.05) is 11.6 Å². The summed E-state index contributed by atoms with van der Waals surface area (Å²) in [4.78, 5) is 11.3. The van der Waals surface area contributed by atoms with Gasteiger partial charge in [-0.05, 0) is 18.2 Å². The van der Waals surface area contributed by atoms with Gasteiger partial charge in [0.15, 0.2) is 0 Å². The van der Waals surface area contributed by atoms with E-state index in [1.807, 2.05) is 0 Å². The zero-order valence-corrected chi connectivity index (χ0v) is 7.75. The standard InChI is InChI=1S/C9H7ClN2O/c1-12-8-3-2-6(10)4-7(8)9(13)5-11-12/h2-5H,1H3. The second kappa shape index (κ2) is 2.85. The first-order valence-corrected chi connectivity index (χ1v) is 4.18. The molecule has 0 saturated heterocycles. The molecule has 0 saturated carbocycles. The van der Waals surface area contributed by atoms with Gasteiger partial charge in [0.25, 0.3) is 0 Å². The average molecular weight is 195 g/mol. The van der Waals surface area contributed by atoms with E-state index in [0.717, 1.165) is 5.52 Å². The third-order valence-electron chi connectivity index (χ3n) is 1.92. The Morgan fingerprint density at radius 2 is 2.23 bits per heavy atom. The highest BCUT2D eigenvalue weighted by atomic mass is 35.5. The quantitative estimate of drug-likeness (QED) is 0.639. The van der Waals surface area contributed by atoms with Crippen molar-refractivity contribution < 1.29 is 0 Å². The third kappa shape index (κ3) is 1.31. The predicted molar refractivity (Wildman–Crippen MR) is 52.0 cm³/mol. The Bertz CT molecular complexity index is 518. The molecule has 0 amide bonds. The highest BCUT2D eigenvalue weighted by Gasteiger charge is 2.01. The molecular weight excluding hydrogens is 188 g/mol. The van der Waals surface area contributed by atoms with E-state index in [1.165, 1.54) is 6.20 Å². The van der Waals surface area contributed by atoms with Gasteiger partial charge in [0, 0.05) is 12.1 Å². The summed E-state index contributed by atoms with van der Waals surface area (Å²) in [5.74, 6) is 0. The van der Waals surface area contributed by atoms with Crippen molar-refractivity contribution in [2.75, 3.05) is 0 Å². The van der Waals surface area contributed by atoms with E-state index in [1.54, 1.807) is 29.9 Å². The van der Waals surface area contributed by atoms with Crippen LogP contribution in [0.5, 0.6) is 0 Å². The summed E-state index contributed by atoms with van der Waals surface area (Å²) in [7, 11) is 1.79. The highest BCUT2D eigenvalue weighted by molar-refractivity contribution is 6.31. The summed E-state index contributed by atoms with van der Waals surface area (Å²) in [6.07, 6.45) is 1.29. The Balaban J connectivity index is 3.01. The van der Waals surface area contributed by atoms with Crippen molar-refractivity contribution in [1.82, 2.24) is 9.78 Å². The number of aryl methyl sites for hydroxylation is 1. The van der Waals surface area contributed by atoms with E-state index >= 15 is 0 Å². The minimum atomic E-state index is -0.101. The SMILES string of the molecule is Cn1ncc(=O)c2cc(Cl)ccc21. The predicted octanol–water partition coefficient (Wildman–Crippen LogP) is 1.59. The number of fused-ring (bicyclic) bond motifs is 1. The fraction of sp³-hybridized carbons (Fsp3) is 0.111. The molecule has 0 radical (unpaired) electrons. The van der Waals surface area contributed by atoms with E-state index in [2.05, 4.69) is 5.10 Å². The molecule has 1 aromatic heterocycles. The molecule has 0 N–H and O–H groups in total. The van der Waals surface area contributed by atoms with Crippen molar-refractivity contribution in [2.45, 2.75) is 0 Å². The number of nitrogens with zero attached hydrogens (tertiary/aromatic N) is 2. The lowest BCUT2D eigenvalue weighted by Gasteiger charge is -2.02. The van der Waals surface area contributed by atoms with Crippen molar-refractivity contribution in [2.24, 2.45) is 7.05 Å². The summed E-state index contributed by atoms with van der Waals surface area (Å²) >= 11 is 5.77. The van der Waals surface area contributed by atoms with Crippen LogP contribution in [0.25, 0.3) is 10.9 Å². The smallest absolute Gasteiger partial charge is 0.208 e. The minimum absolute atomic E-state index is 0.101. The van der Waals surface area contributed by atoms with E-state index in [9.17, 15) is 4.79 Å². The topological polar surface area (TPSA) is 34.9 Å². The van der Waals surface area contributed by atoms with Crippen molar-refractivity contribution in [3.05, 3.63) is 39.6 Å². The van der Waals surface area contributed by atoms with Crippen molar-refractivity contribution in [3.8, 4) is 0 Å². The van der Waals surface area contributed by atoms with Crippen LogP contribution in [0.2, 0.25) is 5.02 Å². The molecule has 13 heavy (non-hydrogen) atoms. The van der Waals surface area contributed by atoms with Crippen molar-refractivity contribution in [3.63, 3.8) is 0 Å². The Labute approximate surface area is 79.6 Å². The zero-order valence-electron chi connectivity index (χ0n) is 6.99. The molecule has 2 rings (SSSR count). The number of aromatic nitrogens is 2. The first-order chi connectivity index (χ1) is 6.18. The van der Waals surface area contributed by atoms with Crippen LogP contribution in [-0.2, 0) is 7.05 Å². The number of hydrogen-bond donors (Lipinski definition) is 0. The van der Waals surface area contributed by atoms with Crippen LogP contribution in [0.4, 0.5) is 0 Å². The van der Waals surface area contributed by atoms with Gasteiger partial charge in [-0.2, -0.15) is 5.10 Å². The van der Waals surface area contributed by atoms with Crippen LogP contribution in [0.15, 0.2) is 29.2 Å². The second-order valence-electron chi connectivity index (χ2n) is 2.79. The molecule has 66 valence electrons. The highest BCUT2D eigenvalue weighted by Crippen LogP contribution is 2.14. The minimum Gasteiger partial charge on any atom is -0.287 e. The molecule has 0 unspecified atom stereocenters. The Hall–Kier alpha value is -1.35. The van der Waals surface area contributed by atoms with Crippen LogP contribution in [0, 0.1) is 0 Å².